The SMILES string of the molecule is CC(O)C1CCN(Cc2cccc(/C=C/C(=O)O)c2)C1. The molecule has 1 aromatic rings. The van der Waals surface area contributed by atoms with E-state index in [0.717, 1.165) is 37.7 Å². The normalized spacial score (nSPS) is 21.4. The fourth-order valence-corrected chi connectivity index (χ4v) is 2.62. The summed E-state index contributed by atoms with van der Waals surface area (Å²) >= 11 is 0. The maximum Gasteiger partial charge on any atom is 0.328 e. The monoisotopic (exact) mass is 275 g/mol. The van der Waals surface area contributed by atoms with Gasteiger partial charge in [-0.05, 0) is 43.0 Å². The summed E-state index contributed by atoms with van der Waals surface area (Å²) in [5.74, 6) is -0.570. The van der Waals surface area contributed by atoms with Gasteiger partial charge in [-0.3, -0.25) is 4.90 Å². The number of likely N-dealkylation sites (tertiary alicyclic amines) is 1. The van der Waals surface area contributed by atoms with Gasteiger partial charge in [-0.25, -0.2) is 4.79 Å². The fraction of sp³-hybridized carbons (Fsp3) is 0.438. The number of nitrogens with zero attached hydrogens (tertiary/aromatic N) is 1. The number of hydrogen-bond donors (Lipinski definition) is 2. The molecule has 0 spiro atoms. The second-order valence-electron chi connectivity index (χ2n) is 5.44. The Morgan fingerprint density at radius 2 is 2.35 bits per heavy atom. The standard InChI is InChI=1S/C16H21NO3/c1-12(18)15-7-8-17(11-15)10-14-4-2-3-13(9-14)5-6-16(19)20/h2-6,9,12,15,18H,7-8,10-11H2,1H3,(H,19,20)/b6-5+. The van der Waals surface area contributed by atoms with Crippen molar-refractivity contribution >= 4 is 12.0 Å². The van der Waals surface area contributed by atoms with E-state index in [1.165, 1.54) is 5.56 Å². The second kappa shape index (κ2) is 6.68. The largest absolute Gasteiger partial charge is 0.478 e. The molecule has 2 N–H and O–H groups in total. The van der Waals surface area contributed by atoms with E-state index in [1.807, 2.05) is 31.2 Å². The molecule has 0 bridgehead atoms. The van der Waals surface area contributed by atoms with Crippen LogP contribution in [0.2, 0.25) is 0 Å². The average Bonchev–Trinajstić information content (AvgIpc) is 2.85. The number of benzene rings is 1. The van der Waals surface area contributed by atoms with Crippen LogP contribution < -0.4 is 0 Å². The zero-order valence-corrected chi connectivity index (χ0v) is 11.7. The van der Waals surface area contributed by atoms with Crippen LogP contribution in [0.15, 0.2) is 30.3 Å². The Hall–Kier alpha value is -1.65. The second-order valence-corrected chi connectivity index (χ2v) is 5.44. The fourth-order valence-electron chi connectivity index (χ4n) is 2.62. The van der Waals surface area contributed by atoms with Crippen molar-refractivity contribution in [2.75, 3.05) is 13.1 Å². The smallest absolute Gasteiger partial charge is 0.328 e. The van der Waals surface area contributed by atoms with E-state index in [-0.39, 0.29) is 6.10 Å². The van der Waals surface area contributed by atoms with Crippen molar-refractivity contribution in [1.82, 2.24) is 4.90 Å². The molecule has 2 atom stereocenters. The third kappa shape index (κ3) is 4.18. The van der Waals surface area contributed by atoms with E-state index >= 15 is 0 Å². The highest BCUT2D eigenvalue weighted by Crippen LogP contribution is 2.21. The van der Waals surface area contributed by atoms with Gasteiger partial charge in [-0.1, -0.05) is 24.3 Å². The van der Waals surface area contributed by atoms with Crippen LogP contribution in [-0.2, 0) is 11.3 Å². The molecule has 108 valence electrons. The van der Waals surface area contributed by atoms with Crippen LogP contribution in [-0.4, -0.2) is 40.3 Å². The minimum atomic E-state index is -0.935. The number of carboxylic acids is 1. The minimum absolute atomic E-state index is 0.246. The average molecular weight is 275 g/mol. The van der Waals surface area contributed by atoms with Crippen LogP contribution in [0.4, 0.5) is 0 Å². The van der Waals surface area contributed by atoms with E-state index in [2.05, 4.69) is 4.90 Å². The molecule has 1 aromatic carbocycles. The lowest BCUT2D eigenvalue weighted by Gasteiger charge is -2.17. The topological polar surface area (TPSA) is 60.8 Å². The van der Waals surface area contributed by atoms with Crippen molar-refractivity contribution in [2.24, 2.45) is 5.92 Å². The molecule has 2 rings (SSSR count). The predicted molar refractivity (Wildman–Crippen MR) is 78.2 cm³/mol. The lowest BCUT2D eigenvalue weighted by atomic mass is 10.0. The third-order valence-electron chi connectivity index (χ3n) is 3.77. The van der Waals surface area contributed by atoms with Crippen molar-refractivity contribution in [1.29, 1.82) is 0 Å². The van der Waals surface area contributed by atoms with E-state index in [0.29, 0.717) is 5.92 Å². The van der Waals surface area contributed by atoms with Gasteiger partial charge in [0.15, 0.2) is 0 Å². The number of aliphatic hydroxyl groups is 1. The Morgan fingerprint density at radius 1 is 1.55 bits per heavy atom. The maximum atomic E-state index is 10.5. The van der Waals surface area contributed by atoms with Crippen LogP contribution in [0.5, 0.6) is 0 Å². The minimum Gasteiger partial charge on any atom is -0.478 e. The van der Waals surface area contributed by atoms with E-state index in [1.54, 1.807) is 6.08 Å². The molecule has 0 aliphatic carbocycles. The summed E-state index contributed by atoms with van der Waals surface area (Å²) in [5.41, 5.74) is 2.07. The lowest BCUT2D eigenvalue weighted by Crippen LogP contribution is -2.23. The zero-order valence-electron chi connectivity index (χ0n) is 11.7. The molecule has 1 aliphatic rings. The van der Waals surface area contributed by atoms with E-state index in [4.69, 9.17) is 5.11 Å². The van der Waals surface area contributed by atoms with Crippen LogP contribution in [0.25, 0.3) is 6.08 Å². The zero-order chi connectivity index (χ0) is 14.5. The molecule has 4 heteroatoms. The number of carboxylic acid groups (broad SMARTS) is 1. The van der Waals surface area contributed by atoms with Gasteiger partial charge in [0, 0.05) is 19.2 Å². The summed E-state index contributed by atoms with van der Waals surface area (Å²) in [7, 11) is 0. The van der Waals surface area contributed by atoms with Crippen molar-refractivity contribution in [2.45, 2.75) is 26.0 Å². The number of aliphatic hydroxyl groups excluding tert-OH is 1. The highest BCUT2D eigenvalue weighted by Gasteiger charge is 2.25. The molecule has 2 unspecified atom stereocenters. The first-order chi connectivity index (χ1) is 9.54. The van der Waals surface area contributed by atoms with Gasteiger partial charge < -0.3 is 10.2 Å². The molecule has 1 fully saturated rings. The summed E-state index contributed by atoms with van der Waals surface area (Å²) in [6.45, 7) is 4.63. The highest BCUT2D eigenvalue weighted by atomic mass is 16.4. The van der Waals surface area contributed by atoms with Gasteiger partial charge in [0.2, 0.25) is 0 Å². The molecule has 4 nitrogen and oxygen atoms in total. The first-order valence-electron chi connectivity index (χ1n) is 6.95. The Labute approximate surface area is 119 Å². The molecule has 0 aromatic heterocycles. The van der Waals surface area contributed by atoms with Gasteiger partial charge in [-0.15, -0.1) is 0 Å². The highest BCUT2D eigenvalue weighted by molar-refractivity contribution is 5.85. The Bertz CT molecular complexity index is 496. The van der Waals surface area contributed by atoms with Crippen molar-refractivity contribution in [3.8, 4) is 0 Å². The van der Waals surface area contributed by atoms with E-state index < -0.39 is 5.97 Å². The quantitative estimate of drug-likeness (QED) is 0.807. The molecule has 0 amide bonds. The predicted octanol–water partition coefficient (Wildman–Crippen LogP) is 1.99. The Balaban J connectivity index is 1.97. The first kappa shape index (κ1) is 14.8. The summed E-state index contributed by atoms with van der Waals surface area (Å²) in [5, 5.41) is 18.2. The van der Waals surface area contributed by atoms with Crippen LogP contribution >= 0.6 is 0 Å². The van der Waals surface area contributed by atoms with Crippen molar-refractivity contribution in [3.63, 3.8) is 0 Å². The van der Waals surface area contributed by atoms with Gasteiger partial charge in [0.25, 0.3) is 0 Å². The molecule has 1 heterocycles. The van der Waals surface area contributed by atoms with Gasteiger partial charge >= 0.3 is 5.97 Å². The van der Waals surface area contributed by atoms with Crippen LogP contribution in [0, 0.1) is 5.92 Å². The van der Waals surface area contributed by atoms with Gasteiger partial charge in [-0.2, -0.15) is 0 Å². The lowest BCUT2D eigenvalue weighted by molar-refractivity contribution is -0.131. The molecular weight excluding hydrogens is 254 g/mol. The molecular formula is C16H21NO3. The number of rotatable bonds is 5. The molecule has 0 saturated carbocycles. The van der Waals surface area contributed by atoms with Crippen LogP contribution in [0.3, 0.4) is 0 Å². The summed E-state index contributed by atoms with van der Waals surface area (Å²) in [6.07, 6.45) is 3.55. The summed E-state index contributed by atoms with van der Waals surface area (Å²) in [6, 6.07) is 7.90. The summed E-state index contributed by atoms with van der Waals surface area (Å²) in [4.78, 5) is 12.8. The molecule has 1 aliphatic heterocycles. The molecule has 1 saturated heterocycles. The van der Waals surface area contributed by atoms with Crippen LogP contribution in [0.1, 0.15) is 24.5 Å². The summed E-state index contributed by atoms with van der Waals surface area (Å²) < 4.78 is 0. The first-order valence-corrected chi connectivity index (χ1v) is 6.95. The Kier molecular flexibility index (Phi) is 4.93. The molecule has 0 radical (unpaired) electrons. The van der Waals surface area contributed by atoms with Crippen molar-refractivity contribution in [3.05, 3.63) is 41.5 Å². The maximum absolute atomic E-state index is 10.5. The third-order valence-corrected chi connectivity index (χ3v) is 3.77. The molecule has 20 heavy (non-hydrogen) atoms. The van der Waals surface area contributed by atoms with Crippen molar-refractivity contribution < 1.29 is 15.0 Å². The number of aliphatic carboxylic acids is 1. The van der Waals surface area contributed by atoms with Gasteiger partial charge in [0.1, 0.15) is 0 Å². The van der Waals surface area contributed by atoms with E-state index in [9.17, 15) is 9.90 Å². The number of carbonyl (C=O) groups is 1. The Morgan fingerprint density at radius 3 is 3.00 bits per heavy atom. The number of hydrogen-bond acceptors (Lipinski definition) is 3. The van der Waals surface area contributed by atoms with Gasteiger partial charge in [0.05, 0.1) is 6.10 Å².